The van der Waals surface area contributed by atoms with E-state index in [1.165, 1.54) is 0 Å². The van der Waals surface area contributed by atoms with Crippen LogP contribution in [0.1, 0.15) is 24.0 Å². The molecular weight excluding hydrogens is 458 g/mol. The number of methoxy groups -OCH3 is 1. The van der Waals surface area contributed by atoms with Crippen LogP contribution in [0.25, 0.3) is 0 Å². The van der Waals surface area contributed by atoms with Gasteiger partial charge in [-0.15, -0.1) is 0 Å². The van der Waals surface area contributed by atoms with Crippen molar-refractivity contribution in [3.05, 3.63) is 47.5 Å². The summed E-state index contributed by atoms with van der Waals surface area (Å²) < 4.78 is 36.2. The standard InChI is InChI=1S/C24H33N3O6S/c1-27(14-4-5-17-6-8-18(9-7-17)26-34(3,30)31)15-19(28)16-33-21-11-12-22(32-2)24-20(21)10-13-23(29)25-24/h6-9,11-12,19,26,28H,4-5,10,13-16H2,1-3H3,(H,25,29). The van der Waals surface area contributed by atoms with Crippen LogP contribution >= 0.6 is 0 Å². The number of aliphatic hydroxyl groups is 1. The van der Waals surface area contributed by atoms with Gasteiger partial charge in [-0.3, -0.25) is 9.52 Å². The lowest BCUT2D eigenvalue weighted by Crippen LogP contribution is -2.34. The zero-order valence-corrected chi connectivity index (χ0v) is 20.7. The maximum atomic E-state index is 11.8. The van der Waals surface area contributed by atoms with Crippen LogP contribution in [-0.4, -0.2) is 70.5 Å². The van der Waals surface area contributed by atoms with Gasteiger partial charge in [-0.05, 0) is 62.7 Å². The first-order valence-corrected chi connectivity index (χ1v) is 13.1. The van der Waals surface area contributed by atoms with E-state index in [1.54, 1.807) is 25.3 Å². The van der Waals surface area contributed by atoms with Gasteiger partial charge in [0.1, 0.15) is 24.2 Å². The fourth-order valence-corrected chi connectivity index (χ4v) is 4.50. The molecule has 1 aliphatic rings. The average molecular weight is 492 g/mol. The lowest BCUT2D eigenvalue weighted by molar-refractivity contribution is -0.116. The predicted octanol–water partition coefficient (Wildman–Crippen LogP) is 2.26. The van der Waals surface area contributed by atoms with E-state index < -0.39 is 16.1 Å². The third-order valence-corrected chi connectivity index (χ3v) is 6.14. The maximum absolute atomic E-state index is 11.8. The topological polar surface area (TPSA) is 117 Å². The summed E-state index contributed by atoms with van der Waals surface area (Å²) in [6.45, 7) is 1.41. The molecule has 1 atom stereocenters. The molecular formula is C24H33N3O6S. The van der Waals surface area contributed by atoms with E-state index in [0.717, 1.165) is 36.8 Å². The van der Waals surface area contributed by atoms with Crippen LogP contribution in [0, 0.1) is 0 Å². The van der Waals surface area contributed by atoms with Crippen molar-refractivity contribution in [1.82, 2.24) is 4.90 Å². The molecule has 0 bridgehead atoms. The van der Waals surface area contributed by atoms with E-state index in [1.807, 2.05) is 25.2 Å². The van der Waals surface area contributed by atoms with Crippen LogP contribution in [0.2, 0.25) is 0 Å². The number of hydrogen-bond acceptors (Lipinski definition) is 7. The average Bonchev–Trinajstić information content (AvgIpc) is 2.77. The Bertz CT molecular complexity index is 1090. The van der Waals surface area contributed by atoms with Crippen LogP contribution in [0.15, 0.2) is 36.4 Å². The number of rotatable bonds is 12. The summed E-state index contributed by atoms with van der Waals surface area (Å²) in [4.78, 5) is 13.8. The largest absolute Gasteiger partial charge is 0.495 e. The number of carbonyl (C=O) groups excluding carboxylic acids is 1. The fraction of sp³-hybridized carbons (Fsp3) is 0.458. The molecule has 1 heterocycles. The Balaban J connectivity index is 1.43. The lowest BCUT2D eigenvalue weighted by atomic mass is 10.0. The van der Waals surface area contributed by atoms with E-state index in [-0.39, 0.29) is 12.5 Å². The molecule has 0 radical (unpaired) electrons. The maximum Gasteiger partial charge on any atom is 0.229 e. The third kappa shape index (κ3) is 7.61. The zero-order valence-electron chi connectivity index (χ0n) is 19.8. The number of ether oxygens (including phenoxy) is 2. The van der Waals surface area contributed by atoms with Crippen LogP contribution < -0.4 is 19.5 Å². The molecule has 1 unspecified atom stereocenters. The monoisotopic (exact) mass is 491 g/mol. The summed E-state index contributed by atoms with van der Waals surface area (Å²) in [5.41, 5.74) is 3.19. The van der Waals surface area contributed by atoms with E-state index in [9.17, 15) is 18.3 Å². The number of likely N-dealkylation sites (N-methyl/N-ethyl adjacent to an activating group) is 1. The number of nitrogens with one attached hydrogen (secondary N) is 2. The molecule has 2 aromatic rings. The number of aryl methyl sites for hydroxylation is 1. The smallest absolute Gasteiger partial charge is 0.229 e. The molecule has 0 spiro atoms. The van der Waals surface area contributed by atoms with Crippen LogP contribution in [0.5, 0.6) is 11.5 Å². The summed E-state index contributed by atoms with van der Waals surface area (Å²) in [6, 6.07) is 10.9. The van der Waals surface area contributed by atoms with Gasteiger partial charge in [-0.25, -0.2) is 8.42 Å². The van der Waals surface area contributed by atoms with Gasteiger partial charge in [0.15, 0.2) is 0 Å². The number of sulfonamides is 1. The van der Waals surface area contributed by atoms with Gasteiger partial charge >= 0.3 is 0 Å². The van der Waals surface area contributed by atoms with E-state index in [2.05, 4.69) is 14.9 Å². The number of amides is 1. The SMILES string of the molecule is COc1ccc(OCC(O)CN(C)CCCc2ccc(NS(C)(=O)=O)cc2)c2c1NC(=O)CC2. The van der Waals surface area contributed by atoms with E-state index in [4.69, 9.17) is 9.47 Å². The Morgan fingerprint density at radius 1 is 1.15 bits per heavy atom. The Morgan fingerprint density at radius 3 is 2.53 bits per heavy atom. The molecule has 1 aliphatic heterocycles. The van der Waals surface area contributed by atoms with Crippen molar-refractivity contribution in [2.45, 2.75) is 31.8 Å². The van der Waals surface area contributed by atoms with Gasteiger partial charge in [-0.1, -0.05) is 12.1 Å². The fourth-order valence-electron chi connectivity index (χ4n) is 3.93. The molecule has 9 nitrogen and oxygen atoms in total. The molecule has 0 saturated carbocycles. The van der Waals surface area contributed by atoms with Gasteiger partial charge in [-0.2, -0.15) is 0 Å². The molecule has 186 valence electrons. The van der Waals surface area contributed by atoms with Gasteiger partial charge < -0.3 is 24.8 Å². The molecule has 10 heteroatoms. The molecule has 0 saturated heterocycles. The number of aliphatic hydroxyl groups excluding tert-OH is 1. The molecule has 0 aromatic heterocycles. The zero-order chi connectivity index (χ0) is 24.7. The van der Waals surface area contributed by atoms with Crippen molar-refractivity contribution in [3.8, 4) is 11.5 Å². The number of carbonyl (C=O) groups is 1. The third-order valence-electron chi connectivity index (χ3n) is 5.53. The number of fused-ring (bicyclic) bond motifs is 1. The van der Waals surface area contributed by atoms with E-state index in [0.29, 0.717) is 42.3 Å². The quantitative estimate of drug-likeness (QED) is 0.417. The Morgan fingerprint density at radius 2 is 1.85 bits per heavy atom. The number of hydrogen-bond donors (Lipinski definition) is 3. The Labute approximate surface area is 201 Å². The van der Waals surface area contributed by atoms with Crippen molar-refractivity contribution in [2.24, 2.45) is 0 Å². The second-order valence-corrected chi connectivity index (χ2v) is 10.3. The van der Waals surface area contributed by atoms with Gasteiger partial charge in [0, 0.05) is 24.2 Å². The Kier molecular flexibility index (Phi) is 8.76. The number of nitrogens with zero attached hydrogens (tertiary/aromatic N) is 1. The molecule has 3 N–H and O–H groups in total. The highest BCUT2D eigenvalue weighted by atomic mass is 32.2. The first-order chi connectivity index (χ1) is 16.1. The van der Waals surface area contributed by atoms with Crippen LogP contribution in [0.4, 0.5) is 11.4 Å². The second-order valence-electron chi connectivity index (χ2n) is 8.57. The normalized spacial score (nSPS) is 14.3. The number of benzene rings is 2. The first-order valence-electron chi connectivity index (χ1n) is 11.2. The molecule has 2 aromatic carbocycles. The van der Waals surface area contributed by atoms with Crippen molar-refractivity contribution in [2.75, 3.05) is 50.1 Å². The van der Waals surface area contributed by atoms with Crippen molar-refractivity contribution >= 4 is 27.3 Å². The minimum Gasteiger partial charge on any atom is -0.495 e. The summed E-state index contributed by atoms with van der Waals surface area (Å²) in [5.74, 6) is 1.19. The highest BCUT2D eigenvalue weighted by Gasteiger charge is 2.23. The van der Waals surface area contributed by atoms with Gasteiger partial charge in [0.2, 0.25) is 15.9 Å². The first kappa shape index (κ1) is 25.8. The number of anilines is 2. The minimum atomic E-state index is -3.28. The van der Waals surface area contributed by atoms with E-state index >= 15 is 0 Å². The summed E-state index contributed by atoms with van der Waals surface area (Å²) in [5, 5.41) is 13.3. The summed E-state index contributed by atoms with van der Waals surface area (Å²) in [6.07, 6.45) is 3.16. The molecule has 34 heavy (non-hydrogen) atoms. The lowest BCUT2D eigenvalue weighted by Gasteiger charge is -2.24. The summed E-state index contributed by atoms with van der Waals surface area (Å²) >= 11 is 0. The van der Waals surface area contributed by atoms with Crippen LogP contribution in [-0.2, 0) is 27.7 Å². The molecule has 1 amide bonds. The van der Waals surface area contributed by atoms with Crippen LogP contribution in [0.3, 0.4) is 0 Å². The second kappa shape index (κ2) is 11.5. The Hall–Kier alpha value is -2.82. The van der Waals surface area contributed by atoms with Gasteiger partial charge in [0.25, 0.3) is 0 Å². The summed E-state index contributed by atoms with van der Waals surface area (Å²) in [7, 11) is 0.233. The molecule has 3 rings (SSSR count). The minimum absolute atomic E-state index is 0.0499. The molecule has 0 aliphatic carbocycles. The predicted molar refractivity (Wildman–Crippen MR) is 132 cm³/mol. The van der Waals surface area contributed by atoms with Crippen molar-refractivity contribution in [1.29, 1.82) is 0 Å². The molecule has 0 fully saturated rings. The highest BCUT2D eigenvalue weighted by Crippen LogP contribution is 2.38. The van der Waals surface area contributed by atoms with Crippen molar-refractivity contribution < 1.29 is 27.8 Å². The van der Waals surface area contributed by atoms with Gasteiger partial charge in [0.05, 0.1) is 19.1 Å². The van der Waals surface area contributed by atoms with Crippen molar-refractivity contribution in [3.63, 3.8) is 0 Å². The highest BCUT2D eigenvalue weighted by molar-refractivity contribution is 7.92.